The number of pyridine rings is 1. The molecule has 0 radical (unpaired) electrons. The van der Waals surface area contributed by atoms with E-state index in [2.05, 4.69) is 14.8 Å². The first kappa shape index (κ1) is 16.9. The van der Waals surface area contributed by atoms with Gasteiger partial charge in [0.2, 0.25) is 0 Å². The molecule has 1 fully saturated rings. The van der Waals surface area contributed by atoms with Crippen LogP contribution in [0.15, 0.2) is 54.7 Å². The fraction of sp³-hybridized carbons (Fsp3) is 0.421. The molecule has 1 aliphatic rings. The summed E-state index contributed by atoms with van der Waals surface area (Å²) >= 11 is 0. The molecule has 0 spiro atoms. The lowest BCUT2D eigenvalue weighted by atomic mass is 10.2. The number of aliphatic hydroxyl groups is 1. The maximum atomic E-state index is 10.2. The van der Waals surface area contributed by atoms with Crippen molar-refractivity contribution in [1.82, 2.24) is 9.88 Å². The number of benzene rings is 1. The van der Waals surface area contributed by atoms with E-state index in [0.717, 1.165) is 37.6 Å². The van der Waals surface area contributed by atoms with E-state index in [1.165, 1.54) is 0 Å². The standard InChI is InChI=1S/C19H25N3O2/c23-18(16-24-15-17-6-2-1-3-7-17)14-21-10-12-22(13-11-21)19-8-4-5-9-20-19/h1-9,18,23H,10-16H2. The average Bonchev–Trinajstić information content (AvgIpc) is 2.64. The van der Waals surface area contributed by atoms with Crippen LogP contribution in [-0.2, 0) is 11.3 Å². The summed E-state index contributed by atoms with van der Waals surface area (Å²) < 4.78 is 5.62. The van der Waals surface area contributed by atoms with Crippen LogP contribution < -0.4 is 4.90 Å². The SMILES string of the molecule is OC(COCc1ccccc1)CN1CCN(c2ccccn2)CC1. The zero-order valence-electron chi connectivity index (χ0n) is 13.9. The van der Waals surface area contributed by atoms with Crippen molar-refractivity contribution >= 4 is 5.82 Å². The number of nitrogens with zero attached hydrogens (tertiary/aromatic N) is 3. The molecule has 0 aliphatic carbocycles. The summed E-state index contributed by atoms with van der Waals surface area (Å²) in [4.78, 5) is 8.97. The molecule has 2 aromatic rings. The molecule has 2 heterocycles. The molecule has 0 bridgehead atoms. The minimum absolute atomic E-state index is 0.370. The van der Waals surface area contributed by atoms with Crippen LogP contribution >= 0.6 is 0 Å². The monoisotopic (exact) mass is 327 g/mol. The van der Waals surface area contributed by atoms with E-state index in [0.29, 0.717) is 19.8 Å². The highest BCUT2D eigenvalue weighted by molar-refractivity contribution is 5.38. The molecule has 3 rings (SSSR count). The molecule has 128 valence electrons. The van der Waals surface area contributed by atoms with Gasteiger partial charge in [0.15, 0.2) is 0 Å². The summed E-state index contributed by atoms with van der Waals surface area (Å²) in [6.07, 6.45) is 1.38. The van der Waals surface area contributed by atoms with Crippen molar-refractivity contribution in [2.24, 2.45) is 0 Å². The van der Waals surface area contributed by atoms with Gasteiger partial charge in [0.25, 0.3) is 0 Å². The van der Waals surface area contributed by atoms with Crippen molar-refractivity contribution in [3.05, 3.63) is 60.3 Å². The van der Waals surface area contributed by atoms with Gasteiger partial charge in [-0.2, -0.15) is 0 Å². The molecule has 1 saturated heterocycles. The number of hydrogen-bond acceptors (Lipinski definition) is 5. The molecule has 1 aliphatic heterocycles. The zero-order chi connectivity index (χ0) is 16.6. The van der Waals surface area contributed by atoms with Crippen LogP contribution in [0.5, 0.6) is 0 Å². The fourth-order valence-corrected chi connectivity index (χ4v) is 2.94. The van der Waals surface area contributed by atoms with Gasteiger partial charge >= 0.3 is 0 Å². The fourth-order valence-electron chi connectivity index (χ4n) is 2.94. The molecule has 1 atom stereocenters. The summed E-state index contributed by atoms with van der Waals surface area (Å²) in [7, 11) is 0. The first-order chi connectivity index (χ1) is 11.8. The van der Waals surface area contributed by atoms with E-state index in [4.69, 9.17) is 4.74 Å². The molecule has 1 aromatic heterocycles. The lowest BCUT2D eigenvalue weighted by Crippen LogP contribution is -2.49. The summed E-state index contributed by atoms with van der Waals surface area (Å²) in [5, 5.41) is 10.2. The number of aromatic nitrogens is 1. The number of ether oxygens (including phenoxy) is 1. The topological polar surface area (TPSA) is 48.8 Å². The molecular formula is C19H25N3O2. The van der Waals surface area contributed by atoms with Gasteiger partial charge in [-0.3, -0.25) is 4.90 Å². The zero-order valence-corrected chi connectivity index (χ0v) is 13.9. The van der Waals surface area contributed by atoms with Crippen LogP contribution in [0.1, 0.15) is 5.56 Å². The number of piperazine rings is 1. The lowest BCUT2D eigenvalue weighted by molar-refractivity contribution is 0.00912. The van der Waals surface area contributed by atoms with Gasteiger partial charge in [0.1, 0.15) is 5.82 Å². The Bertz CT molecular complexity index is 586. The van der Waals surface area contributed by atoms with Crippen LogP contribution in [0.25, 0.3) is 0 Å². The van der Waals surface area contributed by atoms with Crippen molar-refractivity contribution in [1.29, 1.82) is 0 Å². The number of aliphatic hydroxyl groups excluding tert-OH is 1. The normalized spacial score (nSPS) is 17.0. The van der Waals surface area contributed by atoms with Crippen LogP contribution in [0.3, 0.4) is 0 Å². The molecule has 1 unspecified atom stereocenters. The number of hydrogen-bond donors (Lipinski definition) is 1. The summed E-state index contributed by atoms with van der Waals surface area (Å²) in [5.41, 5.74) is 1.13. The second kappa shape index (κ2) is 8.78. The summed E-state index contributed by atoms with van der Waals surface area (Å²) in [6, 6.07) is 16.0. The Kier molecular flexibility index (Phi) is 6.18. The highest BCUT2D eigenvalue weighted by Crippen LogP contribution is 2.12. The van der Waals surface area contributed by atoms with Gasteiger partial charge in [0, 0.05) is 38.9 Å². The van der Waals surface area contributed by atoms with Gasteiger partial charge < -0.3 is 14.7 Å². The van der Waals surface area contributed by atoms with Gasteiger partial charge in [-0.15, -0.1) is 0 Å². The molecule has 5 heteroatoms. The number of rotatable bonds is 7. The molecule has 1 aromatic carbocycles. The number of anilines is 1. The van der Waals surface area contributed by atoms with Crippen LogP contribution in [0, 0.1) is 0 Å². The second-order valence-electron chi connectivity index (χ2n) is 6.13. The van der Waals surface area contributed by atoms with Crippen molar-refractivity contribution < 1.29 is 9.84 Å². The van der Waals surface area contributed by atoms with E-state index in [9.17, 15) is 5.11 Å². The van der Waals surface area contributed by atoms with Gasteiger partial charge in [0.05, 0.1) is 19.3 Å². The van der Waals surface area contributed by atoms with E-state index >= 15 is 0 Å². The van der Waals surface area contributed by atoms with Crippen LogP contribution in [0.2, 0.25) is 0 Å². The highest BCUT2D eigenvalue weighted by atomic mass is 16.5. The first-order valence-corrected chi connectivity index (χ1v) is 8.49. The highest BCUT2D eigenvalue weighted by Gasteiger charge is 2.19. The maximum Gasteiger partial charge on any atom is 0.128 e. The quantitative estimate of drug-likeness (QED) is 0.840. The van der Waals surface area contributed by atoms with E-state index < -0.39 is 6.10 Å². The Hall–Kier alpha value is -1.95. The van der Waals surface area contributed by atoms with Crippen LogP contribution in [-0.4, -0.2) is 60.4 Å². The van der Waals surface area contributed by atoms with E-state index in [1.807, 2.05) is 54.7 Å². The number of β-amino-alcohol motifs (C(OH)–C–C–N with tert-alkyl or cyclic N) is 1. The molecule has 24 heavy (non-hydrogen) atoms. The van der Waals surface area contributed by atoms with Gasteiger partial charge in [-0.25, -0.2) is 4.98 Å². The largest absolute Gasteiger partial charge is 0.389 e. The third kappa shape index (κ3) is 5.03. The Balaban J connectivity index is 1.35. The molecule has 0 saturated carbocycles. The van der Waals surface area contributed by atoms with Gasteiger partial charge in [-0.1, -0.05) is 36.4 Å². The van der Waals surface area contributed by atoms with E-state index in [-0.39, 0.29) is 0 Å². The first-order valence-electron chi connectivity index (χ1n) is 8.49. The molecule has 5 nitrogen and oxygen atoms in total. The van der Waals surface area contributed by atoms with Crippen molar-refractivity contribution in [3.63, 3.8) is 0 Å². The lowest BCUT2D eigenvalue weighted by Gasteiger charge is -2.36. The summed E-state index contributed by atoms with van der Waals surface area (Å²) in [6.45, 7) is 5.33. The molecule has 1 N–H and O–H groups in total. The van der Waals surface area contributed by atoms with E-state index in [1.54, 1.807) is 0 Å². The molecule has 0 amide bonds. The Morgan fingerprint density at radius 1 is 1.00 bits per heavy atom. The minimum atomic E-state index is -0.449. The van der Waals surface area contributed by atoms with Crippen molar-refractivity contribution in [2.45, 2.75) is 12.7 Å². The Labute approximate surface area is 143 Å². The minimum Gasteiger partial charge on any atom is -0.389 e. The smallest absolute Gasteiger partial charge is 0.128 e. The van der Waals surface area contributed by atoms with Crippen molar-refractivity contribution in [3.8, 4) is 0 Å². The van der Waals surface area contributed by atoms with Crippen molar-refractivity contribution in [2.75, 3.05) is 44.2 Å². The Morgan fingerprint density at radius 2 is 1.75 bits per heavy atom. The third-order valence-electron chi connectivity index (χ3n) is 4.24. The van der Waals surface area contributed by atoms with Crippen LogP contribution in [0.4, 0.5) is 5.82 Å². The maximum absolute atomic E-state index is 10.2. The summed E-state index contributed by atoms with van der Waals surface area (Å²) in [5.74, 6) is 1.03. The Morgan fingerprint density at radius 3 is 2.46 bits per heavy atom. The van der Waals surface area contributed by atoms with Gasteiger partial charge in [-0.05, 0) is 17.7 Å². The third-order valence-corrected chi connectivity index (χ3v) is 4.24. The second-order valence-corrected chi connectivity index (χ2v) is 6.13. The molecular weight excluding hydrogens is 302 g/mol. The predicted molar refractivity (Wildman–Crippen MR) is 95.0 cm³/mol. The predicted octanol–water partition coefficient (Wildman–Crippen LogP) is 1.78. The average molecular weight is 327 g/mol.